The van der Waals surface area contributed by atoms with Gasteiger partial charge < -0.3 is 15.5 Å². The molecule has 0 radical (unpaired) electrons. The van der Waals surface area contributed by atoms with Gasteiger partial charge in [0.25, 0.3) is 0 Å². The molecule has 4 nitrogen and oxygen atoms in total. The quantitative estimate of drug-likeness (QED) is 0.785. The standard InChI is InChI=1S/C15H18BrN3O/c1-4-6-19(7-5-2)13-9-12-10(8-11(13)16)14(17-3)15(20)18-12/h4-5,8-9,14,17H,1-2,6-7H2,3H3,(H,18,20). The first-order chi connectivity index (χ1) is 9.62. The highest BCUT2D eigenvalue weighted by molar-refractivity contribution is 9.10. The molecule has 0 bridgehead atoms. The molecule has 2 rings (SSSR count). The van der Waals surface area contributed by atoms with Crippen LogP contribution in [0, 0.1) is 0 Å². The molecule has 0 aliphatic carbocycles. The van der Waals surface area contributed by atoms with Gasteiger partial charge in [-0.15, -0.1) is 13.2 Å². The summed E-state index contributed by atoms with van der Waals surface area (Å²) in [7, 11) is 1.78. The van der Waals surface area contributed by atoms with E-state index in [1.807, 2.05) is 24.3 Å². The van der Waals surface area contributed by atoms with Gasteiger partial charge in [0.05, 0.1) is 5.69 Å². The third-order valence-electron chi connectivity index (χ3n) is 3.28. The van der Waals surface area contributed by atoms with Crippen LogP contribution in [0.4, 0.5) is 11.4 Å². The van der Waals surface area contributed by atoms with Crippen molar-refractivity contribution in [2.45, 2.75) is 6.04 Å². The monoisotopic (exact) mass is 335 g/mol. The van der Waals surface area contributed by atoms with Gasteiger partial charge in [0.2, 0.25) is 5.91 Å². The van der Waals surface area contributed by atoms with Crippen LogP contribution in [0.1, 0.15) is 11.6 Å². The third kappa shape index (κ3) is 2.64. The average molecular weight is 336 g/mol. The maximum atomic E-state index is 11.9. The molecule has 1 unspecified atom stereocenters. The van der Waals surface area contributed by atoms with Gasteiger partial charge in [0, 0.05) is 28.8 Å². The number of rotatable bonds is 6. The molecule has 106 valence electrons. The molecule has 1 heterocycles. The molecule has 1 aromatic rings. The van der Waals surface area contributed by atoms with Gasteiger partial charge in [-0.2, -0.15) is 0 Å². The molecule has 1 amide bonds. The number of carbonyl (C=O) groups excluding carboxylic acids is 1. The molecule has 5 heteroatoms. The molecule has 1 aliphatic heterocycles. The number of nitrogens with zero attached hydrogens (tertiary/aromatic N) is 1. The second-order valence-electron chi connectivity index (χ2n) is 4.58. The molecule has 1 aromatic carbocycles. The van der Waals surface area contributed by atoms with Crippen LogP contribution in [0.5, 0.6) is 0 Å². The first kappa shape index (κ1) is 14.8. The van der Waals surface area contributed by atoms with E-state index >= 15 is 0 Å². The maximum absolute atomic E-state index is 11.9. The summed E-state index contributed by atoms with van der Waals surface area (Å²) in [5.74, 6) is -0.0226. The van der Waals surface area contributed by atoms with Crippen molar-refractivity contribution in [3.05, 3.63) is 47.5 Å². The smallest absolute Gasteiger partial charge is 0.246 e. The Morgan fingerprint density at radius 2 is 2.05 bits per heavy atom. The Morgan fingerprint density at radius 1 is 1.40 bits per heavy atom. The number of nitrogens with one attached hydrogen (secondary N) is 2. The molecule has 1 aliphatic rings. The van der Waals surface area contributed by atoms with Crippen LogP contribution in [-0.4, -0.2) is 26.0 Å². The molecule has 0 aromatic heterocycles. The Morgan fingerprint density at radius 3 is 2.60 bits per heavy atom. The largest absolute Gasteiger partial charge is 0.363 e. The van der Waals surface area contributed by atoms with Crippen LogP contribution >= 0.6 is 15.9 Å². The summed E-state index contributed by atoms with van der Waals surface area (Å²) in [6.45, 7) is 8.98. The van der Waals surface area contributed by atoms with E-state index in [1.165, 1.54) is 0 Å². The van der Waals surface area contributed by atoms with Crippen LogP contribution in [0.3, 0.4) is 0 Å². The fraction of sp³-hybridized carbons (Fsp3) is 0.267. The van der Waals surface area contributed by atoms with Crippen molar-refractivity contribution in [3.63, 3.8) is 0 Å². The summed E-state index contributed by atoms with van der Waals surface area (Å²) in [5.41, 5.74) is 2.83. The lowest BCUT2D eigenvalue weighted by atomic mass is 10.1. The molecule has 20 heavy (non-hydrogen) atoms. The number of hydrogen-bond acceptors (Lipinski definition) is 3. The SMILES string of the molecule is C=CCN(CC=C)c1cc2c(cc1Br)C(NC)C(=O)N2. The van der Waals surface area contributed by atoms with Crippen LogP contribution < -0.4 is 15.5 Å². The van der Waals surface area contributed by atoms with Gasteiger partial charge in [-0.1, -0.05) is 12.2 Å². The predicted octanol–water partition coefficient (Wildman–Crippen LogP) is 2.84. The van der Waals surface area contributed by atoms with Gasteiger partial charge in [0.15, 0.2) is 0 Å². The van der Waals surface area contributed by atoms with Crippen molar-refractivity contribution >= 4 is 33.2 Å². The molecule has 1 atom stereocenters. The minimum atomic E-state index is -0.289. The summed E-state index contributed by atoms with van der Waals surface area (Å²) in [6, 6.07) is 3.69. The molecule has 0 fully saturated rings. The summed E-state index contributed by atoms with van der Waals surface area (Å²) in [6.07, 6.45) is 3.69. The molecule has 0 saturated heterocycles. The van der Waals surface area contributed by atoms with Crippen molar-refractivity contribution in [2.75, 3.05) is 30.4 Å². The molecular formula is C15H18BrN3O. The zero-order valence-corrected chi connectivity index (χ0v) is 13.0. The Bertz CT molecular complexity index is 546. The fourth-order valence-electron chi connectivity index (χ4n) is 2.38. The number of hydrogen-bond donors (Lipinski definition) is 2. The fourth-order valence-corrected chi connectivity index (χ4v) is 2.99. The van der Waals surface area contributed by atoms with Gasteiger partial charge in [-0.25, -0.2) is 0 Å². The average Bonchev–Trinajstić information content (AvgIpc) is 2.72. The second-order valence-corrected chi connectivity index (χ2v) is 5.44. The molecule has 2 N–H and O–H groups in total. The van der Waals surface area contributed by atoms with Crippen LogP contribution in [0.15, 0.2) is 41.9 Å². The minimum Gasteiger partial charge on any atom is -0.363 e. The zero-order valence-electron chi connectivity index (χ0n) is 11.4. The lowest BCUT2D eigenvalue weighted by molar-refractivity contribution is -0.117. The van der Waals surface area contributed by atoms with E-state index in [0.29, 0.717) is 13.1 Å². The van der Waals surface area contributed by atoms with Gasteiger partial charge in [-0.05, 0) is 35.1 Å². The van der Waals surface area contributed by atoms with E-state index in [0.717, 1.165) is 21.4 Å². The number of benzene rings is 1. The van der Waals surface area contributed by atoms with E-state index in [2.05, 4.69) is 44.6 Å². The first-order valence-electron chi connectivity index (χ1n) is 6.40. The van der Waals surface area contributed by atoms with Crippen molar-refractivity contribution in [1.82, 2.24) is 5.32 Å². The van der Waals surface area contributed by atoms with E-state index < -0.39 is 0 Å². The maximum Gasteiger partial charge on any atom is 0.246 e. The highest BCUT2D eigenvalue weighted by Gasteiger charge is 2.30. The molecular weight excluding hydrogens is 318 g/mol. The van der Waals surface area contributed by atoms with Crippen molar-refractivity contribution in [3.8, 4) is 0 Å². The summed E-state index contributed by atoms with van der Waals surface area (Å²) in [5, 5.41) is 5.92. The predicted molar refractivity (Wildman–Crippen MR) is 87.2 cm³/mol. The van der Waals surface area contributed by atoms with E-state index in [-0.39, 0.29) is 11.9 Å². The summed E-state index contributed by atoms with van der Waals surface area (Å²) >= 11 is 3.59. The minimum absolute atomic E-state index is 0.0226. The Kier molecular flexibility index (Phi) is 4.62. The number of halogens is 1. The molecule has 0 spiro atoms. The number of anilines is 2. The normalized spacial score (nSPS) is 16.5. The number of fused-ring (bicyclic) bond motifs is 1. The van der Waals surface area contributed by atoms with Gasteiger partial charge >= 0.3 is 0 Å². The number of carbonyl (C=O) groups is 1. The van der Waals surface area contributed by atoms with Crippen molar-refractivity contribution < 1.29 is 4.79 Å². The van der Waals surface area contributed by atoms with Crippen LogP contribution in [-0.2, 0) is 4.79 Å². The van der Waals surface area contributed by atoms with E-state index in [9.17, 15) is 4.79 Å². The Hall–Kier alpha value is -1.59. The topological polar surface area (TPSA) is 44.4 Å². The third-order valence-corrected chi connectivity index (χ3v) is 3.91. The zero-order chi connectivity index (χ0) is 14.7. The molecule has 0 saturated carbocycles. The summed E-state index contributed by atoms with van der Waals surface area (Å²) < 4.78 is 0.955. The lowest BCUT2D eigenvalue weighted by Crippen LogP contribution is -2.24. The Balaban J connectivity index is 2.43. The van der Waals surface area contributed by atoms with Crippen molar-refractivity contribution in [1.29, 1.82) is 0 Å². The summed E-state index contributed by atoms with van der Waals surface area (Å²) in [4.78, 5) is 14.0. The number of likely N-dealkylation sites (N-methyl/N-ethyl adjacent to an activating group) is 1. The van der Waals surface area contributed by atoms with Crippen LogP contribution in [0.25, 0.3) is 0 Å². The van der Waals surface area contributed by atoms with Gasteiger partial charge in [0.1, 0.15) is 6.04 Å². The Labute approximate surface area is 127 Å². The van der Waals surface area contributed by atoms with Gasteiger partial charge in [-0.3, -0.25) is 4.79 Å². The highest BCUT2D eigenvalue weighted by Crippen LogP contribution is 2.38. The van der Waals surface area contributed by atoms with E-state index in [4.69, 9.17) is 0 Å². The van der Waals surface area contributed by atoms with E-state index in [1.54, 1.807) is 7.05 Å². The van der Waals surface area contributed by atoms with Crippen LogP contribution in [0.2, 0.25) is 0 Å². The highest BCUT2D eigenvalue weighted by atomic mass is 79.9. The number of amides is 1. The first-order valence-corrected chi connectivity index (χ1v) is 7.20. The van der Waals surface area contributed by atoms with Crippen molar-refractivity contribution in [2.24, 2.45) is 0 Å². The lowest BCUT2D eigenvalue weighted by Gasteiger charge is -2.24. The second kappa shape index (κ2) is 6.24.